The maximum absolute atomic E-state index is 2.70. The lowest BCUT2D eigenvalue weighted by Crippen LogP contribution is -2.45. The van der Waals surface area contributed by atoms with E-state index in [0.29, 0.717) is 5.41 Å². The molecule has 4 aliphatic carbocycles. The van der Waals surface area contributed by atoms with Gasteiger partial charge < -0.3 is 0 Å². The molecule has 0 amide bonds. The quantitative estimate of drug-likeness (QED) is 0.497. The van der Waals surface area contributed by atoms with E-state index in [-0.39, 0.29) is 0 Å². The fraction of sp³-hybridized carbons (Fsp3) is 0.895. The highest BCUT2D eigenvalue weighted by Crippen LogP contribution is 2.59. The summed E-state index contributed by atoms with van der Waals surface area (Å²) in [6, 6.07) is 0. The second kappa shape index (κ2) is 4.37. The molecule has 0 heterocycles. The van der Waals surface area contributed by atoms with Crippen molar-refractivity contribution in [3.05, 3.63) is 11.6 Å². The molecule has 0 aromatic heterocycles. The SMILES string of the molecule is CC1(C)CCCC2=CCC3C4CCCC4CCC3C21. The summed E-state index contributed by atoms with van der Waals surface area (Å²) in [6.45, 7) is 5.13. The minimum Gasteiger partial charge on any atom is -0.0847 e. The van der Waals surface area contributed by atoms with Gasteiger partial charge in [-0.15, -0.1) is 0 Å². The van der Waals surface area contributed by atoms with Gasteiger partial charge in [-0.2, -0.15) is 0 Å². The summed E-state index contributed by atoms with van der Waals surface area (Å²) in [5.74, 6) is 5.28. The van der Waals surface area contributed by atoms with Crippen LogP contribution in [0.25, 0.3) is 0 Å². The van der Waals surface area contributed by atoms with E-state index in [0.717, 1.165) is 29.6 Å². The topological polar surface area (TPSA) is 0 Å². The zero-order valence-corrected chi connectivity index (χ0v) is 12.8. The van der Waals surface area contributed by atoms with Crippen molar-refractivity contribution in [2.24, 2.45) is 35.0 Å². The third-order valence-electron chi connectivity index (χ3n) is 7.30. The van der Waals surface area contributed by atoms with Gasteiger partial charge in [-0.05, 0) is 80.0 Å². The van der Waals surface area contributed by atoms with Crippen molar-refractivity contribution in [2.75, 3.05) is 0 Å². The predicted octanol–water partition coefficient (Wildman–Crippen LogP) is 5.59. The molecule has 0 radical (unpaired) electrons. The fourth-order valence-electron chi connectivity index (χ4n) is 6.62. The Morgan fingerprint density at radius 1 is 0.947 bits per heavy atom. The van der Waals surface area contributed by atoms with Crippen LogP contribution in [0.4, 0.5) is 0 Å². The lowest BCUT2D eigenvalue weighted by Gasteiger charge is -2.54. The molecule has 0 aromatic rings. The molecule has 0 aliphatic heterocycles. The molecule has 19 heavy (non-hydrogen) atoms. The van der Waals surface area contributed by atoms with Gasteiger partial charge in [-0.3, -0.25) is 0 Å². The maximum atomic E-state index is 2.70. The summed E-state index contributed by atoms with van der Waals surface area (Å²) in [5.41, 5.74) is 2.45. The van der Waals surface area contributed by atoms with Crippen LogP contribution < -0.4 is 0 Å². The lowest BCUT2D eigenvalue weighted by atomic mass is 9.51. The molecule has 3 fully saturated rings. The molecule has 0 nitrogen and oxygen atoms in total. The van der Waals surface area contributed by atoms with Gasteiger partial charge in [-0.25, -0.2) is 0 Å². The van der Waals surface area contributed by atoms with Gasteiger partial charge in [0.25, 0.3) is 0 Å². The normalized spacial score (nSPS) is 47.9. The first kappa shape index (κ1) is 12.5. The van der Waals surface area contributed by atoms with Crippen LogP contribution in [0, 0.1) is 35.0 Å². The molecule has 0 aromatic carbocycles. The Kier molecular flexibility index (Phi) is 2.87. The Morgan fingerprint density at radius 2 is 1.84 bits per heavy atom. The van der Waals surface area contributed by atoms with E-state index in [9.17, 15) is 0 Å². The smallest absolute Gasteiger partial charge is 0.0121 e. The number of rotatable bonds is 0. The molecule has 0 N–H and O–H groups in total. The second-order valence-electron chi connectivity index (χ2n) is 8.59. The molecule has 4 aliphatic rings. The van der Waals surface area contributed by atoms with Crippen LogP contribution in [0.1, 0.15) is 71.6 Å². The van der Waals surface area contributed by atoms with Crippen molar-refractivity contribution in [3.63, 3.8) is 0 Å². The Bertz CT molecular complexity index is 389. The highest BCUT2D eigenvalue weighted by molar-refractivity contribution is 5.21. The van der Waals surface area contributed by atoms with Crippen LogP contribution in [0.5, 0.6) is 0 Å². The number of fused-ring (bicyclic) bond motifs is 5. The first-order chi connectivity index (χ1) is 9.17. The lowest BCUT2D eigenvalue weighted by molar-refractivity contribution is 0.0112. The van der Waals surface area contributed by atoms with Gasteiger partial charge in [0.1, 0.15) is 0 Å². The fourth-order valence-corrected chi connectivity index (χ4v) is 6.62. The number of hydrogen-bond acceptors (Lipinski definition) is 0. The second-order valence-corrected chi connectivity index (χ2v) is 8.59. The van der Waals surface area contributed by atoms with Gasteiger partial charge in [0.2, 0.25) is 0 Å². The zero-order valence-electron chi connectivity index (χ0n) is 12.8. The molecule has 0 spiro atoms. The minimum atomic E-state index is 0.582. The van der Waals surface area contributed by atoms with E-state index >= 15 is 0 Å². The Morgan fingerprint density at radius 3 is 2.74 bits per heavy atom. The Balaban J connectivity index is 1.67. The summed E-state index contributed by atoms with van der Waals surface area (Å²) in [7, 11) is 0. The standard InChI is InChI=1S/C19H30/c1-19(2)12-4-6-14-9-10-16-15-7-3-5-13(15)8-11-17(16)18(14)19/h9,13,15-18H,3-8,10-12H2,1-2H3. The molecular formula is C19H30. The molecule has 0 bridgehead atoms. The largest absolute Gasteiger partial charge is 0.0847 e. The summed E-state index contributed by atoms with van der Waals surface area (Å²) in [4.78, 5) is 0. The van der Waals surface area contributed by atoms with Crippen LogP contribution in [0.15, 0.2) is 11.6 Å². The third kappa shape index (κ3) is 1.85. The monoisotopic (exact) mass is 258 g/mol. The van der Waals surface area contributed by atoms with Crippen molar-refractivity contribution in [1.29, 1.82) is 0 Å². The van der Waals surface area contributed by atoms with E-state index in [1.807, 2.05) is 5.57 Å². The number of hydrogen-bond donors (Lipinski definition) is 0. The third-order valence-corrected chi connectivity index (χ3v) is 7.30. The van der Waals surface area contributed by atoms with E-state index < -0.39 is 0 Å². The highest BCUT2D eigenvalue weighted by Gasteiger charge is 2.50. The molecule has 106 valence electrons. The predicted molar refractivity (Wildman–Crippen MR) is 80.9 cm³/mol. The Labute approximate surface area is 119 Å². The van der Waals surface area contributed by atoms with E-state index in [1.165, 1.54) is 32.1 Å². The van der Waals surface area contributed by atoms with Gasteiger partial charge in [0.05, 0.1) is 0 Å². The Hall–Kier alpha value is -0.260. The van der Waals surface area contributed by atoms with Crippen LogP contribution in [0.2, 0.25) is 0 Å². The summed E-state index contributed by atoms with van der Waals surface area (Å²) in [6.07, 6.45) is 16.2. The summed E-state index contributed by atoms with van der Waals surface area (Å²) >= 11 is 0. The molecule has 0 saturated heterocycles. The van der Waals surface area contributed by atoms with Crippen molar-refractivity contribution in [2.45, 2.75) is 71.6 Å². The number of allylic oxidation sites excluding steroid dienone is 2. The zero-order chi connectivity index (χ0) is 13.0. The molecule has 3 saturated carbocycles. The summed E-state index contributed by atoms with van der Waals surface area (Å²) < 4.78 is 0. The molecule has 5 atom stereocenters. The minimum absolute atomic E-state index is 0.582. The average Bonchev–Trinajstić information content (AvgIpc) is 2.85. The van der Waals surface area contributed by atoms with Crippen molar-refractivity contribution in [3.8, 4) is 0 Å². The molecule has 0 heteroatoms. The molecule has 4 rings (SSSR count). The van der Waals surface area contributed by atoms with Gasteiger partial charge in [-0.1, -0.05) is 38.3 Å². The van der Waals surface area contributed by atoms with Crippen LogP contribution in [0.3, 0.4) is 0 Å². The van der Waals surface area contributed by atoms with E-state index in [1.54, 1.807) is 25.7 Å². The van der Waals surface area contributed by atoms with Crippen molar-refractivity contribution in [1.82, 2.24) is 0 Å². The highest BCUT2D eigenvalue weighted by atomic mass is 14.5. The van der Waals surface area contributed by atoms with E-state index in [4.69, 9.17) is 0 Å². The molecule has 5 unspecified atom stereocenters. The van der Waals surface area contributed by atoms with Crippen molar-refractivity contribution >= 4 is 0 Å². The summed E-state index contributed by atoms with van der Waals surface area (Å²) in [5, 5.41) is 0. The maximum Gasteiger partial charge on any atom is -0.0121 e. The first-order valence-electron chi connectivity index (χ1n) is 8.86. The average molecular weight is 258 g/mol. The first-order valence-corrected chi connectivity index (χ1v) is 8.86. The van der Waals surface area contributed by atoms with Gasteiger partial charge in [0, 0.05) is 0 Å². The van der Waals surface area contributed by atoms with Gasteiger partial charge in [0.15, 0.2) is 0 Å². The van der Waals surface area contributed by atoms with Crippen LogP contribution in [-0.4, -0.2) is 0 Å². The van der Waals surface area contributed by atoms with Crippen molar-refractivity contribution < 1.29 is 0 Å². The van der Waals surface area contributed by atoms with Gasteiger partial charge >= 0.3 is 0 Å². The molecular weight excluding hydrogens is 228 g/mol. The van der Waals surface area contributed by atoms with E-state index in [2.05, 4.69) is 19.9 Å². The van der Waals surface area contributed by atoms with Crippen LogP contribution in [-0.2, 0) is 0 Å². The van der Waals surface area contributed by atoms with Crippen LogP contribution >= 0.6 is 0 Å².